The maximum absolute atomic E-state index is 9.02. The zero-order chi connectivity index (χ0) is 9.68. The molecule has 0 spiro atoms. The Labute approximate surface area is 76.5 Å². The standard InChI is InChI=1S/C8H13N3O2/c1-6-2-3-9-8(11-6)10-4-7(13)5-12/h2-3,7,12-13H,4-5H2,1H3,(H,9,10,11). The highest BCUT2D eigenvalue weighted by atomic mass is 16.3. The van der Waals surface area contributed by atoms with Crippen LogP contribution in [0, 0.1) is 6.92 Å². The minimum atomic E-state index is -0.774. The number of rotatable bonds is 4. The van der Waals surface area contributed by atoms with Crippen LogP contribution in [0.1, 0.15) is 5.69 Å². The summed E-state index contributed by atoms with van der Waals surface area (Å²) in [7, 11) is 0. The summed E-state index contributed by atoms with van der Waals surface area (Å²) in [6, 6.07) is 1.79. The molecule has 1 atom stereocenters. The van der Waals surface area contributed by atoms with Crippen molar-refractivity contribution >= 4 is 5.95 Å². The van der Waals surface area contributed by atoms with Gasteiger partial charge in [-0.05, 0) is 13.0 Å². The predicted octanol–water partition coefficient (Wildman–Crippen LogP) is -0.450. The summed E-state index contributed by atoms with van der Waals surface area (Å²) < 4.78 is 0. The Morgan fingerprint density at radius 3 is 3.00 bits per heavy atom. The second-order valence-corrected chi connectivity index (χ2v) is 2.74. The first-order chi connectivity index (χ1) is 6.22. The Balaban J connectivity index is 2.45. The Kier molecular flexibility index (Phi) is 3.60. The number of anilines is 1. The summed E-state index contributed by atoms with van der Waals surface area (Å²) >= 11 is 0. The molecule has 5 heteroatoms. The highest BCUT2D eigenvalue weighted by Crippen LogP contribution is 1.98. The van der Waals surface area contributed by atoms with E-state index in [1.54, 1.807) is 12.3 Å². The lowest BCUT2D eigenvalue weighted by Gasteiger charge is -2.08. The molecule has 0 saturated carbocycles. The van der Waals surface area contributed by atoms with Crippen LogP contribution < -0.4 is 5.32 Å². The smallest absolute Gasteiger partial charge is 0.222 e. The van der Waals surface area contributed by atoms with Gasteiger partial charge in [-0.2, -0.15) is 0 Å². The van der Waals surface area contributed by atoms with Crippen molar-refractivity contribution < 1.29 is 10.2 Å². The molecule has 0 saturated heterocycles. The third-order valence-corrected chi connectivity index (χ3v) is 1.50. The first kappa shape index (κ1) is 9.88. The van der Waals surface area contributed by atoms with Gasteiger partial charge in [-0.3, -0.25) is 0 Å². The van der Waals surface area contributed by atoms with E-state index < -0.39 is 6.10 Å². The summed E-state index contributed by atoms with van der Waals surface area (Å²) in [6.07, 6.45) is 0.861. The van der Waals surface area contributed by atoms with Gasteiger partial charge in [0.25, 0.3) is 0 Å². The monoisotopic (exact) mass is 183 g/mol. The number of nitrogens with zero attached hydrogens (tertiary/aromatic N) is 2. The van der Waals surface area contributed by atoms with E-state index in [1.807, 2.05) is 6.92 Å². The summed E-state index contributed by atoms with van der Waals surface area (Å²) in [5.41, 5.74) is 0.857. The lowest BCUT2D eigenvalue weighted by molar-refractivity contribution is 0.105. The quantitative estimate of drug-likeness (QED) is 0.589. The van der Waals surface area contributed by atoms with Gasteiger partial charge in [0.05, 0.1) is 12.7 Å². The zero-order valence-corrected chi connectivity index (χ0v) is 7.44. The molecule has 1 aromatic rings. The fourth-order valence-corrected chi connectivity index (χ4v) is 0.808. The first-order valence-electron chi connectivity index (χ1n) is 4.05. The summed E-state index contributed by atoms with van der Waals surface area (Å²) in [4.78, 5) is 8.00. The van der Waals surface area contributed by atoms with Crippen molar-refractivity contribution in [3.63, 3.8) is 0 Å². The largest absolute Gasteiger partial charge is 0.394 e. The molecular formula is C8H13N3O2. The van der Waals surface area contributed by atoms with Crippen LogP contribution in [0.3, 0.4) is 0 Å². The Morgan fingerprint density at radius 2 is 2.38 bits per heavy atom. The third-order valence-electron chi connectivity index (χ3n) is 1.50. The van der Waals surface area contributed by atoms with Crippen molar-refractivity contribution in [2.75, 3.05) is 18.5 Å². The number of aromatic nitrogens is 2. The minimum absolute atomic E-state index is 0.250. The molecule has 0 radical (unpaired) electrons. The fraction of sp³-hybridized carbons (Fsp3) is 0.500. The summed E-state index contributed by atoms with van der Waals surface area (Å²) in [5, 5.41) is 20.4. The number of aryl methyl sites for hydroxylation is 1. The molecule has 1 heterocycles. The van der Waals surface area contributed by atoms with Gasteiger partial charge in [-0.1, -0.05) is 0 Å². The number of aliphatic hydroxyl groups is 2. The van der Waals surface area contributed by atoms with Crippen molar-refractivity contribution in [1.29, 1.82) is 0 Å². The van der Waals surface area contributed by atoms with Crippen LogP contribution in [0.2, 0.25) is 0 Å². The van der Waals surface area contributed by atoms with Crippen molar-refractivity contribution in [1.82, 2.24) is 9.97 Å². The first-order valence-corrected chi connectivity index (χ1v) is 4.05. The molecule has 3 N–H and O–H groups in total. The van der Waals surface area contributed by atoms with Crippen LogP contribution in [-0.4, -0.2) is 39.4 Å². The van der Waals surface area contributed by atoms with Gasteiger partial charge in [0.1, 0.15) is 0 Å². The molecular weight excluding hydrogens is 170 g/mol. The maximum atomic E-state index is 9.02. The van der Waals surface area contributed by atoms with E-state index in [0.29, 0.717) is 5.95 Å². The molecule has 0 aromatic carbocycles. The number of nitrogens with one attached hydrogen (secondary N) is 1. The van der Waals surface area contributed by atoms with Crippen LogP contribution >= 0.6 is 0 Å². The topological polar surface area (TPSA) is 78.3 Å². The molecule has 13 heavy (non-hydrogen) atoms. The van der Waals surface area contributed by atoms with Crippen LogP contribution in [0.15, 0.2) is 12.3 Å². The Hall–Kier alpha value is -1.20. The van der Waals surface area contributed by atoms with Gasteiger partial charge in [0.15, 0.2) is 0 Å². The molecule has 0 fully saturated rings. The van der Waals surface area contributed by atoms with Gasteiger partial charge in [-0.25, -0.2) is 9.97 Å². The number of hydrogen-bond acceptors (Lipinski definition) is 5. The van der Waals surface area contributed by atoms with Crippen molar-refractivity contribution in [3.8, 4) is 0 Å². The Bertz CT molecular complexity index is 267. The van der Waals surface area contributed by atoms with Crippen molar-refractivity contribution in [3.05, 3.63) is 18.0 Å². The lowest BCUT2D eigenvalue weighted by Crippen LogP contribution is -2.23. The van der Waals surface area contributed by atoms with E-state index in [9.17, 15) is 0 Å². The number of hydrogen-bond donors (Lipinski definition) is 3. The lowest BCUT2D eigenvalue weighted by atomic mass is 10.4. The summed E-state index contributed by atoms with van der Waals surface area (Å²) in [5.74, 6) is 0.465. The zero-order valence-electron chi connectivity index (χ0n) is 7.44. The second-order valence-electron chi connectivity index (χ2n) is 2.74. The minimum Gasteiger partial charge on any atom is -0.394 e. The van der Waals surface area contributed by atoms with E-state index in [-0.39, 0.29) is 13.2 Å². The van der Waals surface area contributed by atoms with Gasteiger partial charge >= 0.3 is 0 Å². The van der Waals surface area contributed by atoms with Gasteiger partial charge in [0, 0.05) is 18.4 Å². The van der Waals surface area contributed by atoms with Crippen LogP contribution in [0.4, 0.5) is 5.95 Å². The van der Waals surface area contributed by atoms with E-state index >= 15 is 0 Å². The molecule has 0 bridgehead atoms. The van der Waals surface area contributed by atoms with E-state index in [0.717, 1.165) is 5.69 Å². The number of aliphatic hydroxyl groups excluding tert-OH is 2. The molecule has 0 aliphatic heterocycles. The summed E-state index contributed by atoms with van der Waals surface area (Å²) in [6.45, 7) is 1.84. The third kappa shape index (κ3) is 3.35. The van der Waals surface area contributed by atoms with Gasteiger partial charge in [-0.15, -0.1) is 0 Å². The van der Waals surface area contributed by atoms with E-state index in [2.05, 4.69) is 15.3 Å². The van der Waals surface area contributed by atoms with E-state index in [1.165, 1.54) is 0 Å². The predicted molar refractivity (Wildman–Crippen MR) is 48.4 cm³/mol. The second kappa shape index (κ2) is 4.74. The SMILES string of the molecule is Cc1ccnc(NCC(O)CO)n1. The molecule has 5 nitrogen and oxygen atoms in total. The highest BCUT2D eigenvalue weighted by molar-refractivity contribution is 5.24. The molecule has 0 amide bonds. The molecule has 0 aliphatic carbocycles. The highest BCUT2D eigenvalue weighted by Gasteiger charge is 2.02. The average Bonchev–Trinajstić information content (AvgIpc) is 2.14. The maximum Gasteiger partial charge on any atom is 0.222 e. The van der Waals surface area contributed by atoms with E-state index in [4.69, 9.17) is 10.2 Å². The normalized spacial score (nSPS) is 12.5. The molecule has 0 aliphatic rings. The molecule has 1 aromatic heterocycles. The van der Waals surface area contributed by atoms with Crippen LogP contribution in [0.25, 0.3) is 0 Å². The van der Waals surface area contributed by atoms with Crippen molar-refractivity contribution in [2.24, 2.45) is 0 Å². The van der Waals surface area contributed by atoms with Gasteiger partial charge in [0.2, 0.25) is 5.95 Å². The molecule has 72 valence electrons. The van der Waals surface area contributed by atoms with Crippen LogP contribution in [-0.2, 0) is 0 Å². The molecule has 1 unspecified atom stereocenters. The fourth-order valence-electron chi connectivity index (χ4n) is 0.808. The van der Waals surface area contributed by atoms with Gasteiger partial charge < -0.3 is 15.5 Å². The average molecular weight is 183 g/mol. The van der Waals surface area contributed by atoms with Crippen LogP contribution in [0.5, 0.6) is 0 Å². The Morgan fingerprint density at radius 1 is 1.62 bits per heavy atom. The van der Waals surface area contributed by atoms with Crippen molar-refractivity contribution in [2.45, 2.75) is 13.0 Å². The molecule has 1 rings (SSSR count).